The number of nitrogens with zero attached hydrogens (tertiary/aromatic N) is 4. The van der Waals surface area contributed by atoms with Gasteiger partial charge in [0.15, 0.2) is 5.54 Å². The second kappa shape index (κ2) is 7.91. The van der Waals surface area contributed by atoms with Gasteiger partial charge in [0.2, 0.25) is 0 Å². The molecule has 34 heavy (non-hydrogen) atoms. The molecule has 0 spiro atoms. The number of halogens is 1. The highest BCUT2D eigenvalue weighted by molar-refractivity contribution is 7.95. The van der Waals surface area contributed by atoms with E-state index in [1.807, 2.05) is 13.0 Å². The standard InChI is InChI=1S/C23H28FN7O2S/c1-14-10-15(11-25)12-28-23(14,20(27)32)17-7-6-16(24)18(30-17)21(2)13-34(33)22(3,19(26)31-21)8-4-5-9-29-34/h6-7,10,12,28H,4-5,8-9,13H2,1-3H3,(H2,26,31)(H2,27,32). The molecule has 0 saturated heterocycles. The number of aromatic nitrogens is 1. The predicted molar refractivity (Wildman–Crippen MR) is 127 cm³/mol. The van der Waals surface area contributed by atoms with Crippen LogP contribution in [0.1, 0.15) is 51.4 Å². The molecule has 0 aliphatic carbocycles. The van der Waals surface area contributed by atoms with Gasteiger partial charge >= 0.3 is 0 Å². The van der Waals surface area contributed by atoms with Crippen LogP contribution >= 0.6 is 0 Å². The third-order valence-corrected chi connectivity index (χ3v) is 10.5. The van der Waals surface area contributed by atoms with Crippen LogP contribution < -0.4 is 16.8 Å². The number of nitriles is 1. The Morgan fingerprint density at radius 1 is 1.32 bits per heavy atom. The van der Waals surface area contributed by atoms with Crippen LogP contribution in [0.4, 0.5) is 4.39 Å². The lowest BCUT2D eigenvalue weighted by molar-refractivity contribution is -0.123. The molecule has 0 saturated carbocycles. The Labute approximate surface area is 198 Å². The molecule has 0 bridgehead atoms. The molecule has 9 nitrogen and oxygen atoms in total. The Morgan fingerprint density at radius 2 is 2.06 bits per heavy atom. The van der Waals surface area contributed by atoms with E-state index >= 15 is 4.39 Å². The van der Waals surface area contributed by atoms with Crippen molar-refractivity contribution in [3.8, 4) is 6.07 Å². The van der Waals surface area contributed by atoms with Gasteiger partial charge in [0.25, 0.3) is 5.91 Å². The highest BCUT2D eigenvalue weighted by atomic mass is 32.2. The fourth-order valence-corrected chi connectivity index (χ4v) is 7.86. The molecule has 4 rings (SSSR count). The number of dihydropyridines is 1. The maximum absolute atomic E-state index is 15.3. The zero-order chi connectivity index (χ0) is 24.9. The number of aliphatic imine (C=N–C) groups is 1. The third-order valence-electron chi connectivity index (χ3n) is 7.10. The van der Waals surface area contributed by atoms with Crippen LogP contribution in [0.25, 0.3) is 0 Å². The van der Waals surface area contributed by atoms with Crippen molar-refractivity contribution >= 4 is 21.5 Å². The molecule has 1 amide bonds. The van der Waals surface area contributed by atoms with E-state index < -0.39 is 37.3 Å². The number of fused-ring (bicyclic) bond motifs is 1. The largest absolute Gasteiger partial charge is 0.386 e. The van der Waals surface area contributed by atoms with E-state index in [4.69, 9.17) is 11.5 Å². The number of hydrogen-bond acceptors (Lipinski definition) is 8. The first-order valence-corrected chi connectivity index (χ1v) is 12.7. The average Bonchev–Trinajstić information content (AvgIpc) is 2.92. The SMILES string of the molecule is CC1=CC(C#N)=CNC1(C(N)=O)c1ccc(F)c(C2(C)CS3(=O)=NCCCCC3(C)C(N)=N2)n1. The summed E-state index contributed by atoms with van der Waals surface area (Å²) in [5.41, 5.74) is 9.97. The van der Waals surface area contributed by atoms with Crippen molar-refractivity contribution in [1.29, 1.82) is 5.26 Å². The van der Waals surface area contributed by atoms with Gasteiger partial charge in [0.05, 0.1) is 26.7 Å². The maximum Gasteiger partial charge on any atom is 0.253 e. The number of hydrogen-bond donors (Lipinski definition) is 3. The summed E-state index contributed by atoms with van der Waals surface area (Å²) in [5, 5.41) is 12.1. The summed E-state index contributed by atoms with van der Waals surface area (Å²) in [7, 11) is -2.88. The Morgan fingerprint density at radius 3 is 2.71 bits per heavy atom. The minimum Gasteiger partial charge on any atom is -0.386 e. The summed E-state index contributed by atoms with van der Waals surface area (Å²) in [4.78, 5) is 21.8. The maximum atomic E-state index is 15.3. The van der Waals surface area contributed by atoms with Gasteiger partial charge < -0.3 is 16.8 Å². The van der Waals surface area contributed by atoms with Crippen LogP contribution in [0.3, 0.4) is 0 Å². The number of rotatable bonds is 3. The number of allylic oxidation sites excluding steroid dienone is 2. The number of carbonyl (C=O) groups excluding carboxylic acids is 1. The van der Waals surface area contributed by atoms with Crippen molar-refractivity contribution in [3.63, 3.8) is 0 Å². The van der Waals surface area contributed by atoms with Crippen molar-refractivity contribution in [2.45, 2.75) is 55.9 Å². The van der Waals surface area contributed by atoms with E-state index in [-0.39, 0.29) is 23.0 Å². The van der Waals surface area contributed by atoms with Crippen LogP contribution in [0.5, 0.6) is 0 Å². The minimum atomic E-state index is -2.88. The lowest BCUT2D eigenvalue weighted by atomic mass is 9.82. The highest BCUT2D eigenvalue weighted by Gasteiger charge is 2.52. The van der Waals surface area contributed by atoms with Gasteiger partial charge in [0.1, 0.15) is 33.7 Å². The molecule has 1 aromatic rings. The van der Waals surface area contributed by atoms with E-state index in [9.17, 15) is 14.3 Å². The van der Waals surface area contributed by atoms with E-state index in [1.165, 1.54) is 24.4 Å². The Kier molecular flexibility index (Phi) is 5.55. The molecule has 4 heterocycles. The highest BCUT2D eigenvalue weighted by Crippen LogP contribution is 2.42. The van der Waals surface area contributed by atoms with Crippen molar-refractivity contribution in [2.24, 2.45) is 20.8 Å². The van der Waals surface area contributed by atoms with Gasteiger partial charge in [-0.2, -0.15) is 5.26 Å². The minimum absolute atomic E-state index is 0.0467. The molecular weight excluding hydrogens is 457 g/mol. The second-order valence-electron chi connectivity index (χ2n) is 9.42. The number of nitrogens with two attached hydrogens (primary N) is 2. The molecule has 11 heteroatoms. The number of pyridine rings is 1. The van der Waals surface area contributed by atoms with Crippen LogP contribution in [0.2, 0.25) is 0 Å². The van der Waals surface area contributed by atoms with E-state index in [1.54, 1.807) is 13.8 Å². The number of amidine groups is 1. The van der Waals surface area contributed by atoms with E-state index in [0.29, 0.717) is 24.1 Å². The number of primary amides is 1. The Hall–Kier alpha value is -3.26. The molecule has 3 aliphatic rings. The molecular formula is C23H28FN7O2S. The second-order valence-corrected chi connectivity index (χ2v) is 12.1. The molecule has 0 fully saturated rings. The van der Waals surface area contributed by atoms with E-state index in [2.05, 4.69) is 19.7 Å². The Bertz CT molecular complexity index is 1340. The molecule has 0 aromatic carbocycles. The van der Waals surface area contributed by atoms with Gasteiger partial charge in [-0.05, 0) is 63.8 Å². The molecule has 4 unspecified atom stereocenters. The molecule has 0 radical (unpaired) electrons. The molecule has 4 atom stereocenters. The third kappa shape index (κ3) is 3.31. The summed E-state index contributed by atoms with van der Waals surface area (Å²) < 4.78 is 33.0. The number of amides is 1. The first-order valence-electron chi connectivity index (χ1n) is 11.0. The van der Waals surface area contributed by atoms with Gasteiger partial charge in [-0.25, -0.2) is 17.9 Å². The summed E-state index contributed by atoms with van der Waals surface area (Å²) in [5.74, 6) is -1.32. The predicted octanol–water partition coefficient (Wildman–Crippen LogP) is 1.85. The van der Waals surface area contributed by atoms with Gasteiger partial charge in [-0.15, -0.1) is 0 Å². The van der Waals surface area contributed by atoms with Crippen molar-refractivity contribution in [1.82, 2.24) is 10.3 Å². The normalized spacial score (nSPS) is 35.2. The van der Waals surface area contributed by atoms with Crippen molar-refractivity contribution in [2.75, 3.05) is 12.3 Å². The lowest BCUT2D eigenvalue weighted by Gasteiger charge is -2.42. The van der Waals surface area contributed by atoms with Gasteiger partial charge in [-0.3, -0.25) is 9.79 Å². The van der Waals surface area contributed by atoms with Crippen LogP contribution in [0, 0.1) is 17.1 Å². The zero-order valence-electron chi connectivity index (χ0n) is 19.4. The summed E-state index contributed by atoms with van der Waals surface area (Å²) in [6.07, 6.45) is 5.10. The summed E-state index contributed by atoms with van der Waals surface area (Å²) in [6.45, 7) is 5.52. The van der Waals surface area contributed by atoms with Crippen molar-refractivity contribution < 1.29 is 13.4 Å². The molecule has 3 aliphatic heterocycles. The number of nitrogens with one attached hydrogen (secondary N) is 1. The fourth-order valence-electron chi connectivity index (χ4n) is 4.95. The fraction of sp³-hybridized carbons (Fsp3) is 0.478. The zero-order valence-corrected chi connectivity index (χ0v) is 20.2. The number of carbonyl (C=O) groups is 1. The molecule has 180 valence electrons. The molecule has 1 aromatic heterocycles. The lowest BCUT2D eigenvalue weighted by Crippen LogP contribution is -2.57. The quantitative estimate of drug-likeness (QED) is 0.592. The van der Waals surface area contributed by atoms with E-state index in [0.717, 1.165) is 12.8 Å². The topological polar surface area (TPSA) is 160 Å². The first kappa shape index (κ1) is 23.9. The summed E-state index contributed by atoms with van der Waals surface area (Å²) in [6, 6.07) is 4.54. The first-order chi connectivity index (χ1) is 15.9. The summed E-state index contributed by atoms with van der Waals surface area (Å²) >= 11 is 0. The molecule has 5 N–H and O–H groups in total. The van der Waals surface area contributed by atoms with Crippen molar-refractivity contribution in [3.05, 3.63) is 52.8 Å². The smallest absolute Gasteiger partial charge is 0.253 e. The monoisotopic (exact) mass is 485 g/mol. The van der Waals surface area contributed by atoms with Crippen LogP contribution in [0.15, 0.2) is 44.9 Å². The van der Waals surface area contributed by atoms with Crippen LogP contribution in [-0.2, 0) is 25.6 Å². The van der Waals surface area contributed by atoms with Crippen LogP contribution in [-0.4, -0.2) is 38.0 Å². The van der Waals surface area contributed by atoms with Gasteiger partial charge in [-0.1, -0.05) is 0 Å². The van der Waals surface area contributed by atoms with Gasteiger partial charge in [0, 0.05) is 12.7 Å². The Balaban J connectivity index is 1.90. The average molecular weight is 486 g/mol.